The summed E-state index contributed by atoms with van der Waals surface area (Å²) in [5.74, 6) is 0.0175. The van der Waals surface area contributed by atoms with Gasteiger partial charge in [-0.3, -0.25) is 0 Å². The van der Waals surface area contributed by atoms with Crippen molar-refractivity contribution in [3.8, 4) is 5.75 Å². The Balaban J connectivity index is 2.79. The van der Waals surface area contributed by atoms with E-state index in [9.17, 15) is 10.1 Å². The van der Waals surface area contributed by atoms with Crippen LogP contribution in [0.1, 0.15) is 26.7 Å². The van der Waals surface area contributed by atoms with Crippen LogP contribution < -0.4 is 4.74 Å². The Bertz CT molecular complexity index is 341. The van der Waals surface area contributed by atoms with Gasteiger partial charge in [-0.15, -0.1) is 0 Å². The quantitative estimate of drug-likeness (QED) is 0.553. The molecular weight excluding hydrogens is 196 g/mol. The van der Waals surface area contributed by atoms with E-state index in [1.807, 2.05) is 13.8 Å². The van der Waals surface area contributed by atoms with Gasteiger partial charge < -0.3 is 14.9 Å². The zero-order valence-electron chi connectivity index (χ0n) is 8.84. The van der Waals surface area contributed by atoms with Crippen molar-refractivity contribution in [2.75, 3.05) is 0 Å². The molecule has 0 bridgehead atoms. The normalized spacial score (nSPS) is 12.1. The summed E-state index contributed by atoms with van der Waals surface area (Å²) in [5.41, 5.74) is 0. The molecule has 0 unspecified atom stereocenters. The van der Waals surface area contributed by atoms with Crippen LogP contribution in [0.4, 0.5) is 5.82 Å². The summed E-state index contributed by atoms with van der Waals surface area (Å²) in [7, 11) is 0. The van der Waals surface area contributed by atoms with Crippen molar-refractivity contribution in [1.29, 1.82) is 0 Å². The van der Waals surface area contributed by atoms with E-state index in [1.54, 1.807) is 12.1 Å². The highest BCUT2D eigenvalue weighted by molar-refractivity contribution is 5.38. The lowest BCUT2D eigenvalue weighted by Gasteiger charge is -2.12. The van der Waals surface area contributed by atoms with Crippen LogP contribution in [0.5, 0.6) is 5.75 Å². The van der Waals surface area contributed by atoms with Crippen molar-refractivity contribution >= 4 is 5.82 Å². The van der Waals surface area contributed by atoms with E-state index < -0.39 is 4.92 Å². The molecule has 0 saturated heterocycles. The van der Waals surface area contributed by atoms with Gasteiger partial charge in [0.15, 0.2) is 0 Å². The van der Waals surface area contributed by atoms with E-state index in [-0.39, 0.29) is 17.7 Å². The van der Waals surface area contributed by atoms with Crippen LogP contribution in [0, 0.1) is 10.1 Å². The summed E-state index contributed by atoms with van der Waals surface area (Å²) in [6.07, 6.45) is 3.20. The van der Waals surface area contributed by atoms with Crippen LogP contribution in [0.2, 0.25) is 0 Å². The van der Waals surface area contributed by atoms with Crippen LogP contribution in [0.3, 0.4) is 0 Å². The van der Waals surface area contributed by atoms with E-state index in [4.69, 9.17) is 4.74 Å². The molecule has 1 aromatic rings. The number of hydrogen-bond donors (Lipinski definition) is 0. The standard InChI is InChI=1S/C10H14N2O3/c1-3-5-8(2)15-9-6-4-7-11-10(9)12(13)14/h4,6-8H,3,5H2,1-2H3/t8-/m0/s1. The molecular formula is C10H14N2O3. The van der Waals surface area contributed by atoms with Crippen LogP contribution in [-0.2, 0) is 0 Å². The second-order valence-electron chi connectivity index (χ2n) is 3.30. The molecule has 0 aliphatic heterocycles. The maximum absolute atomic E-state index is 10.6. The number of nitrogens with zero attached hydrogens (tertiary/aromatic N) is 2. The fourth-order valence-corrected chi connectivity index (χ4v) is 1.29. The minimum atomic E-state index is -0.534. The third-order valence-corrected chi connectivity index (χ3v) is 1.95. The van der Waals surface area contributed by atoms with Gasteiger partial charge in [-0.05, 0) is 35.4 Å². The maximum atomic E-state index is 10.6. The van der Waals surface area contributed by atoms with Gasteiger partial charge in [0.2, 0.25) is 5.75 Å². The zero-order valence-corrected chi connectivity index (χ0v) is 8.84. The van der Waals surface area contributed by atoms with Crippen molar-refractivity contribution in [3.05, 3.63) is 28.4 Å². The lowest BCUT2D eigenvalue weighted by atomic mass is 10.2. The summed E-state index contributed by atoms with van der Waals surface area (Å²) in [6, 6.07) is 3.19. The maximum Gasteiger partial charge on any atom is 0.406 e. The van der Waals surface area contributed by atoms with Crippen molar-refractivity contribution in [2.45, 2.75) is 32.8 Å². The fraction of sp³-hybridized carbons (Fsp3) is 0.500. The molecule has 15 heavy (non-hydrogen) atoms. The minimum Gasteiger partial charge on any atom is -0.483 e. The van der Waals surface area contributed by atoms with Gasteiger partial charge in [-0.25, -0.2) is 0 Å². The van der Waals surface area contributed by atoms with Crippen LogP contribution >= 0.6 is 0 Å². The van der Waals surface area contributed by atoms with Crippen LogP contribution in [0.15, 0.2) is 18.3 Å². The Kier molecular flexibility index (Phi) is 4.03. The van der Waals surface area contributed by atoms with E-state index in [2.05, 4.69) is 4.98 Å². The third-order valence-electron chi connectivity index (χ3n) is 1.95. The Morgan fingerprint density at radius 3 is 3.00 bits per heavy atom. The summed E-state index contributed by atoms with van der Waals surface area (Å²) in [4.78, 5) is 13.8. The van der Waals surface area contributed by atoms with Crippen molar-refractivity contribution in [2.24, 2.45) is 0 Å². The summed E-state index contributed by atoms with van der Waals surface area (Å²) in [5, 5.41) is 10.6. The first-order valence-corrected chi connectivity index (χ1v) is 4.91. The van der Waals surface area contributed by atoms with Gasteiger partial charge in [0, 0.05) is 0 Å². The second-order valence-corrected chi connectivity index (χ2v) is 3.30. The van der Waals surface area contributed by atoms with Gasteiger partial charge in [0.25, 0.3) is 0 Å². The Morgan fingerprint density at radius 1 is 1.67 bits per heavy atom. The van der Waals surface area contributed by atoms with Gasteiger partial charge in [-0.1, -0.05) is 13.3 Å². The highest BCUT2D eigenvalue weighted by atomic mass is 16.6. The van der Waals surface area contributed by atoms with Crippen molar-refractivity contribution in [1.82, 2.24) is 4.98 Å². The van der Waals surface area contributed by atoms with Gasteiger partial charge >= 0.3 is 5.82 Å². The summed E-state index contributed by atoms with van der Waals surface area (Å²) in [6.45, 7) is 3.93. The van der Waals surface area contributed by atoms with E-state index in [0.29, 0.717) is 0 Å². The number of nitro groups is 1. The van der Waals surface area contributed by atoms with E-state index in [0.717, 1.165) is 12.8 Å². The summed E-state index contributed by atoms with van der Waals surface area (Å²) < 4.78 is 5.44. The summed E-state index contributed by atoms with van der Waals surface area (Å²) >= 11 is 0. The number of ether oxygens (including phenoxy) is 1. The van der Waals surface area contributed by atoms with Crippen LogP contribution in [-0.4, -0.2) is 16.0 Å². The molecule has 1 atom stereocenters. The third kappa shape index (κ3) is 3.19. The molecule has 0 amide bonds. The first-order chi connectivity index (χ1) is 7.15. The molecule has 0 radical (unpaired) electrons. The molecule has 0 aromatic carbocycles. The highest BCUT2D eigenvalue weighted by Crippen LogP contribution is 2.24. The van der Waals surface area contributed by atoms with Crippen molar-refractivity contribution < 1.29 is 9.66 Å². The molecule has 0 saturated carbocycles. The SMILES string of the molecule is CCC[C@H](C)Oc1cccnc1[N+](=O)[O-]. The molecule has 0 N–H and O–H groups in total. The van der Waals surface area contributed by atoms with Gasteiger partial charge in [-0.2, -0.15) is 0 Å². The first kappa shape index (κ1) is 11.4. The van der Waals surface area contributed by atoms with Gasteiger partial charge in [0.1, 0.15) is 6.20 Å². The topological polar surface area (TPSA) is 65.3 Å². The Hall–Kier alpha value is -1.65. The molecule has 5 heteroatoms. The second kappa shape index (κ2) is 5.29. The molecule has 5 nitrogen and oxygen atoms in total. The Morgan fingerprint density at radius 2 is 2.40 bits per heavy atom. The molecule has 1 rings (SSSR count). The zero-order chi connectivity index (χ0) is 11.3. The lowest BCUT2D eigenvalue weighted by molar-refractivity contribution is -0.390. The number of pyridine rings is 1. The molecule has 1 heterocycles. The van der Waals surface area contributed by atoms with Crippen molar-refractivity contribution in [3.63, 3.8) is 0 Å². The molecule has 0 fully saturated rings. The molecule has 0 aliphatic rings. The molecule has 82 valence electrons. The minimum absolute atomic E-state index is 0.0297. The number of aromatic nitrogens is 1. The average Bonchev–Trinajstić information content (AvgIpc) is 2.18. The largest absolute Gasteiger partial charge is 0.483 e. The predicted octanol–water partition coefficient (Wildman–Crippen LogP) is 2.56. The number of rotatable bonds is 5. The predicted molar refractivity (Wildman–Crippen MR) is 55.9 cm³/mol. The average molecular weight is 210 g/mol. The molecule has 1 aromatic heterocycles. The first-order valence-electron chi connectivity index (χ1n) is 4.91. The monoisotopic (exact) mass is 210 g/mol. The molecule has 0 aliphatic carbocycles. The number of hydrogen-bond acceptors (Lipinski definition) is 4. The smallest absolute Gasteiger partial charge is 0.406 e. The molecule has 0 spiro atoms. The van der Waals surface area contributed by atoms with Gasteiger partial charge in [0.05, 0.1) is 6.10 Å². The van der Waals surface area contributed by atoms with E-state index >= 15 is 0 Å². The van der Waals surface area contributed by atoms with Crippen LogP contribution in [0.25, 0.3) is 0 Å². The Labute approximate surface area is 88.2 Å². The highest BCUT2D eigenvalue weighted by Gasteiger charge is 2.17. The van der Waals surface area contributed by atoms with E-state index in [1.165, 1.54) is 6.20 Å². The fourth-order valence-electron chi connectivity index (χ4n) is 1.29. The lowest BCUT2D eigenvalue weighted by Crippen LogP contribution is -2.12.